The van der Waals surface area contributed by atoms with Gasteiger partial charge in [0.2, 0.25) is 0 Å². The van der Waals surface area contributed by atoms with Crippen molar-refractivity contribution in [1.82, 2.24) is 9.56 Å². The van der Waals surface area contributed by atoms with Crippen LogP contribution in [0.2, 0.25) is 0 Å². The van der Waals surface area contributed by atoms with E-state index in [1.807, 2.05) is 0 Å². The molecule has 0 saturated heterocycles. The first-order valence-electron chi connectivity index (χ1n) is 14.9. The molecule has 0 bridgehead atoms. The number of benzene rings is 2. The van der Waals surface area contributed by atoms with E-state index in [0.29, 0.717) is 14.5 Å². The molecule has 0 radical (unpaired) electrons. The Kier molecular flexibility index (Phi) is 13.1. The van der Waals surface area contributed by atoms with Gasteiger partial charge in [0.1, 0.15) is 0 Å². The van der Waals surface area contributed by atoms with Crippen LogP contribution in [0.1, 0.15) is 105 Å². The van der Waals surface area contributed by atoms with Gasteiger partial charge in [-0.25, -0.2) is 0 Å². The number of anilines is 1. The van der Waals surface area contributed by atoms with Crippen molar-refractivity contribution in [3.05, 3.63) is 41.8 Å². The molecule has 0 saturated carbocycles. The summed E-state index contributed by atoms with van der Waals surface area (Å²) in [4.78, 5) is 7.73. The second-order valence-corrected chi connectivity index (χ2v) is 12.6. The van der Waals surface area contributed by atoms with Crippen LogP contribution in [0.25, 0.3) is 19.9 Å². The van der Waals surface area contributed by atoms with Gasteiger partial charge < -0.3 is 0 Å². The first-order valence-corrected chi connectivity index (χ1v) is 16.6. The maximum atomic E-state index is 5.09. The van der Waals surface area contributed by atoms with Crippen molar-refractivity contribution in [1.29, 1.82) is 0 Å². The van der Waals surface area contributed by atoms with Gasteiger partial charge >= 0.3 is 227 Å². The maximum absolute atomic E-state index is 5.09. The molecule has 0 aromatic heterocycles. The number of fused-ring (bicyclic) bond motifs is 2. The molecular formula is C32H50N3Se+. The van der Waals surface area contributed by atoms with Crippen molar-refractivity contribution in [3.63, 3.8) is 0 Å². The summed E-state index contributed by atoms with van der Waals surface area (Å²) >= 11 is 0.301. The van der Waals surface area contributed by atoms with Crippen LogP contribution in [0.5, 0.6) is 0 Å². The fraction of sp³-hybridized carbons (Fsp3) is 0.625. The van der Waals surface area contributed by atoms with Crippen LogP contribution in [0, 0.1) is 0 Å². The molecule has 0 spiro atoms. The van der Waals surface area contributed by atoms with Crippen LogP contribution >= 0.6 is 0 Å². The van der Waals surface area contributed by atoms with E-state index in [9.17, 15) is 0 Å². The molecule has 0 unspecified atom stereocenters. The minimum atomic E-state index is 0.301. The molecule has 1 heterocycles. The van der Waals surface area contributed by atoms with Crippen LogP contribution < -0.4 is 14.8 Å². The summed E-state index contributed by atoms with van der Waals surface area (Å²) in [7, 11) is 0. The van der Waals surface area contributed by atoms with Gasteiger partial charge in [0.25, 0.3) is 0 Å². The molecule has 1 aliphatic heterocycles. The number of unbranched alkanes of at least 4 members (excludes halogenated alkanes) is 8. The van der Waals surface area contributed by atoms with Gasteiger partial charge in [-0.1, -0.05) is 0 Å². The molecule has 1 aromatic rings. The van der Waals surface area contributed by atoms with Gasteiger partial charge in [0.15, 0.2) is 0 Å². The summed E-state index contributed by atoms with van der Waals surface area (Å²) in [5, 5.41) is 1.40. The van der Waals surface area contributed by atoms with Gasteiger partial charge in [-0.3, -0.25) is 0 Å². The topological polar surface area (TPSA) is 19.1 Å². The fourth-order valence-corrected chi connectivity index (χ4v) is 7.11. The van der Waals surface area contributed by atoms with Crippen LogP contribution in [0.4, 0.5) is 5.69 Å². The second kappa shape index (κ2) is 16.3. The average Bonchev–Trinajstić information content (AvgIpc) is 2.90. The Morgan fingerprint density at radius 3 is 1.92 bits per heavy atom. The zero-order valence-corrected chi connectivity index (χ0v) is 25.2. The third-order valence-electron chi connectivity index (χ3n) is 7.20. The molecule has 1 aromatic carbocycles. The van der Waals surface area contributed by atoms with Crippen molar-refractivity contribution < 1.29 is 0 Å². The molecule has 1 aliphatic carbocycles. The monoisotopic (exact) mass is 556 g/mol. The first-order chi connectivity index (χ1) is 17.7. The Morgan fingerprint density at radius 1 is 0.694 bits per heavy atom. The Labute approximate surface area is 226 Å². The number of nitrogens with zero attached hydrogens (tertiary/aromatic N) is 3. The number of aromatic nitrogens is 1. The van der Waals surface area contributed by atoms with E-state index in [1.54, 1.807) is 0 Å². The molecule has 3 nitrogen and oxygen atoms in total. The summed E-state index contributed by atoms with van der Waals surface area (Å²) in [6, 6.07) is 14.1. The van der Waals surface area contributed by atoms with Gasteiger partial charge in [-0.05, 0) is 0 Å². The molecule has 0 fully saturated rings. The zero-order chi connectivity index (χ0) is 25.6. The van der Waals surface area contributed by atoms with E-state index >= 15 is 0 Å². The first kappa shape index (κ1) is 28.9. The molecular weight excluding hydrogens is 505 g/mol. The van der Waals surface area contributed by atoms with E-state index in [-0.39, 0.29) is 0 Å². The molecule has 36 heavy (non-hydrogen) atoms. The molecule has 2 aliphatic rings. The summed E-state index contributed by atoms with van der Waals surface area (Å²) in [6.07, 6.45) is 15.5. The summed E-state index contributed by atoms with van der Waals surface area (Å²) in [5.74, 6) is 0. The van der Waals surface area contributed by atoms with Crippen LogP contribution in [-0.4, -0.2) is 45.7 Å². The van der Waals surface area contributed by atoms with E-state index in [0.717, 1.165) is 0 Å². The summed E-state index contributed by atoms with van der Waals surface area (Å²) < 4.78 is 5.53. The molecule has 0 amide bonds. The van der Waals surface area contributed by atoms with Crippen LogP contribution in [0.15, 0.2) is 36.4 Å². The van der Waals surface area contributed by atoms with Crippen LogP contribution in [-0.2, 0) is 0 Å². The predicted molar refractivity (Wildman–Crippen MR) is 161 cm³/mol. The van der Waals surface area contributed by atoms with E-state index in [1.165, 1.54) is 134 Å². The SMILES string of the molecule is CCCCCN(CCCCC)c1ccc2nc3ccc(=[N+](CCCCC)CCCCC)cc-3[se]c2c1. The Hall–Kier alpha value is -1.64. The third-order valence-corrected chi connectivity index (χ3v) is 9.50. The van der Waals surface area contributed by atoms with Crippen molar-refractivity contribution in [3.8, 4) is 10.1 Å². The standard InChI is InChI=1S/C32H50N3Se/c1-5-9-13-21-34(22-14-10-6-2)27-17-19-29-31(25-27)36-32-26-28(18-20-30(32)33-29)35(23-15-11-7-3)24-16-12-8-4/h17-20,25-26H,5-16,21-24H2,1-4H3/q+1. The third kappa shape index (κ3) is 8.73. The quantitative estimate of drug-likeness (QED) is 0.0735. The predicted octanol–water partition coefficient (Wildman–Crippen LogP) is 7.74. The van der Waals surface area contributed by atoms with Crippen molar-refractivity contribution in [2.24, 2.45) is 0 Å². The molecule has 3 rings (SSSR count). The molecule has 0 atom stereocenters. The van der Waals surface area contributed by atoms with Crippen molar-refractivity contribution in [2.45, 2.75) is 105 Å². The number of hydrogen-bond donors (Lipinski definition) is 0. The van der Waals surface area contributed by atoms with E-state index in [4.69, 9.17) is 4.98 Å². The van der Waals surface area contributed by atoms with Crippen molar-refractivity contribution >= 4 is 30.0 Å². The zero-order valence-electron chi connectivity index (χ0n) is 23.5. The van der Waals surface area contributed by atoms with E-state index in [2.05, 4.69) is 73.6 Å². The molecule has 4 heteroatoms. The minimum absolute atomic E-state index is 0.301. The van der Waals surface area contributed by atoms with Crippen molar-refractivity contribution in [2.75, 3.05) is 31.1 Å². The molecule has 198 valence electrons. The molecule has 0 N–H and O–H groups in total. The van der Waals surface area contributed by atoms with Gasteiger partial charge in [-0.15, -0.1) is 0 Å². The summed E-state index contributed by atoms with van der Waals surface area (Å²) in [5.41, 5.74) is 3.77. The van der Waals surface area contributed by atoms with Crippen LogP contribution in [0.3, 0.4) is 0 Å². The normalized spacial score (nSPS) is 11.4. The number of hydrogen-bond acceptors (Lipinski definition) is 2. The Balaban J connectivity index is 1.95. The fourth-order valence-electron chi connectivity index (χ4n) is 4.95. The van der Waals surface area contributed by atoms with Gasteiger partial charge in [-0.2, -0.15) is 0 Å². The number of rotatable bonds is 17. The van der Waals surface area contributed by atoms with Gasteiger partial charge in [0.05, 0.1) is 0 Å². The van der Waals surface area contributed by atoms with Gasteiger partial charge in [0, 0.05) is 0 Å². The van der Waals surface area contributed by atoms with E-state index < -0.39 is 0 Å². The average molecular weight is 556 g/mol. The Bertz CT molecular complexity index is 1050. The Morgan fingerprint density at radius 2 is 1.31 bits per heavy atom. The second-order valence-electron chi connectivity index (χ2n) is 10.3. The summed E-state index contributed by atoms with van der Waals surface area (Å²) in [6.45, 7) is 13.9.